The number of halogens is 1. The van der Waals surface area contributed by atoms with Crippen LogP contribution in [0.15, 0.2) is 46.0 Å². The number of pyridine rings is 1. The zero-order chi connectivity index (χ0) is 15.6. The maximum Gasteiger partial charge on any atom is 0.262 e. The number of rotatable bonds is 4. The fourth-order valence-electron chi connectivity index (χ4n) is 1.70. The summed E-state index contributed by atoms with van der Waals surface area (Å²) in [6.45, 7) is 1.68. The molecule has 1 aromatic heterocycles. The highest BCUT2D eigenvalue weighted by molar-refractivity contribution is 9.10. The van der Waals surface area contributed by atoms with Gasteiger partial charge in [-0.2, -0.15) is 0 Å². The summed E-state index contributed by atoms with van der Waals surface area (Å²) < 4.78 is 27.4. The maximum absolute atomic E-state index is 12.3. The molecular formula is C13H12BrN3O3S. The molecule has 110 valence electrons. The van der Waals surface area contributed by atoms with E-state index < -0.39 is 15.9 Å². The zero-order valence-electron chi connectivity index (χ0n) is 11.0. The molecule has 8 heteroatoms. The lowest BCUT2D eigenvalue weighted by atomic mass is 10.1. The Morgan fingerprint density at radius 1 is 1.33 bits per heavy atom. The fraction of sp³-hybridized carbons (Fsp3) is 0.0769. The Kier molecular flexibility index (Phi) is 4.29. The van der Waals surface area contributed by atoms with E-state index in [0.29, 0.717) is 15.9 Å². The van der Waals surface area contributed by atoms with Gasteiger partial charge in [-0.05, 0) is 52.7 Å². The number of carbonyl (C=O) groups excluding carboxylic acids is 1. The summed E-state index contributed by atoms with van der Waals surface area (Å²) in [7, 11) is -3.84. The van der Waals surface area contributed by atoms with Gasteiger partial charge in [0.1, 0.15) is 4.60 Å². The molecule has 0 saturated carbocycles. The van der Waals surface area contributed by atoms with Crippen molar-refractivity contribution in [2.45, 2.75) is 11.8 Å². The summed E-state index contributed by atoms with van der Waals surface area (Å²) in [5, 5.41) is 0. The number of nitrogens with one attached hydrogen (secondary N) is 1. The number of aryl methyl sites for hydroxylation is 1. The van der Waals surface area contributed by atoms with Crippen LogP contribution in [0.2, 0.25) is 0 Å². The molecule has 0 saturated heterocycles. The number of nitrogens with two attached hydrogens (primary N) is 1. The first kappa shape index (κ1) is 15.5. The number of benzene rings is 1. The molecule has 2 aromatic rings. The average Bonchev–Trinajstić information content (AvgIpc) is 2.41. The molecule has 0 bridgehead atoms. The van der Waals surface area contributed by atoms with Crippen molar-refractivity contribution >= 4 is 37.5 Å². The molecule has 0 unspecified atom stereocenters. The van der Waals surface area contributed by atoms with Crippen molar-refractivity contribution in [3.63, 3.8) is 0 Å². The van der Waals surface area contributed by atoms with Gasteiger partial charge in [0.25, 0.3) is 10.0 Å². The summed E-state index contributed by atoms with van der Waals surface area (Å²) in [5.74, 6) is -0.674. The van der Waals surface area contributed by atoms with Crippen LogP contribution in [-0.2, 0) is 10.0 Å². The first-order valence-electron chi connectivity index (χ1n) is 5.85. The van der Waals surface area contributed by atoms with Gasteiger partial charge in [0.05, 0.1) is 10.6 Å². The SMILES string of the molecule is Cc1ccc(S(=O)(=O)Nc2cccnc2Br)cc1C(N)=O. The van der Waals surface area contributed by atoms with Crippen LogP contribution in [0.1, 0.15) is 15.9 Å². The second-order valence-electron chi connectivity index (χ2n) is 4.29. The molecule has 1 aromatic carbocycles. The lowest BCUT2D eigenvalue weighted by Crippen LogP contribution is -2.17. The van der Waals surface area contributed by atoms with Crippen molar-refractivity contribution < 1.29 is 13.2 Å². The van der Waals surface area contributed by atoms with Crippen molar-refractivity contribution in [3.8, 4) is 0 Å². The van der Waals surface area contributed by atoms with E-state index >= 15 is 0 Å². The Balaban J connectivity index is 2.43. The number of aromatic nitrogens is 1. The van der Waals surface area contributed by atoms with E-state index in [2.05, 4.69) is 25.6 Å². The van der Waals surface area contributed by atoms with Crippen LogP contribution in [0, 0.1) is 6.92 Å². The number of amides is 1. The number of nitrogens with zero attached hydrogens (tertiary/aromatic N) is 1. The molecule has 21 heavy (non-hydrogen) atoms. The second kappa shape index (κ2) is 5.82. The zero-order valence-corrected chi connectivity index (χ0v) is 13.4. The number of anilines is 1. The highest BCUT2D eigenvalue weighted by Gasteiger charge is 2.18. The molecule has 1 amide bonds. The lowest BCUT2D eigenvalue weighted by Gasteiger charge is -2.10. The first-order chi connectivity index (χ1) is 9.81. The summed E-state index contributed by atoms with van der Waals surface area (Å²) in [6, 6.07) is 7.37. The number of hydrogen-bond donors (Lipinski definition) is 2. The first-order valence-corrected chi connectivity index (χ1v) is 8.12. The highest BCUT2D eigenvalue weighted by atomic mass is 79.9. The van der Waals surface area contributed by atoms with Gasteiger partial charge in [-0.3, -0.25) is 9.52 Å². The Morgan fingerprint density at radius 2 is 2.05 bits per heavy atom. The van der Waals surface area contributed by atoms with Crippen LogP contribution in [-0.4, -0.2) is 19.3 Å². The summed E-state index contributed by atoms with van der Waals surface area (Å²) in [5.41, 5.74) is 6.32. The minimum atomic E-state index is -3.84. The molecule has 0 spiro atoms. The Morgan fingerprint density at radius 3 is 2.67 bits per heavy atom. The molecule has 2 rings (SSSR count). The lowest BCUT2D eigenvalue weighted by molar-refractivity contribution is 0.0999. The highest BCUT2D eigenvalue weighted by Crippen LogP contribution is 2.23. The van der Waals surface area contributed by atoms with Crippen LogP contribution in [0.5, 0.6) is 0 Å². The van der Waals surface area contributed by atoms with Crippen LogP contribution >= 0.6 is 15.9 Å². The largest absolute Gasteiger partial charge is 0.366 e. The van der Waals surface area contributed by atoms with Gasteiger partial charge in [-0.15, -0.1) is 0 Å². The van der Waals surface area contributed by atoms with Crippen molar-refractivity contribution in [1.82, 2.24) is 4.98 Å². The van der Waals surface area contributed by atoms with Crippen molar-refractivity contribution in [1.29, 1.82) is 0 Å². The molecule has 0 atom stereocenters. The third kappa shape index (κ3) is 3.40. The quantitative estimate of drug-likeness (QED) is 0.804. The average molecular weight is 370 g/mol. The van der Waals surface area contributed by atoms with Crippen molar-refractivity contribution in [3.05, 3.63) is 52.3 Å². The summed E-state index contributed by atoms with van der Waals surface area (Å²) in [6.07, 6.45) is 1.53. The van der Waals surface area contributed by atoms with Crippen LogP contribution in [0.4, 0.5) is 5.69 Å². The van der Waals surface area contributed by atoms with Gasteiger partial charge >= 0.3 is 0 Å². The van der Waals surface area contributed by atoms with Gasteiger partial charge in [0, 0.05) is 11.8 Å². The normalized spacial score (nSPS) is 11.1. The van der Waals surface area contributed by atoms with Crippen molar-refractivity contribution in [2.24, 2.45) is 5.73 Å². The van der Waals surface area contributed by atoms with Crippen molar-refractivity contribution in [2.75, 3.05) is 4.72 Å². The van der Waals surface area contributed by atoms with Crippen LogP contribution < -0.4 is 10.5 Å². The van der Waals surface area contributed by atoms with Gasteiger partial charge in [0.2, 0.25) is 5.91 Å². The molecule has 0 aliphatic heterocycles. The monoisotopic (exact) mass is 369 g/mol. The van der Waals surface area contributed by atoms with E-state index in [1.807, 2.05) is 0 Å². The maximum atomic E-state index is 12.3. The minimum absolute atomic E-state index is 0.0438. The standard InChI is InChI=1S/C13H12BrN3O3S/c1-8-4-5-9(7-10(8)13(15)18)21(19,20)17-11-3-2-6-16-12(11)14/h2-7,17H,1H3,(H2,15,18). The Labute approximate surface area is 130 Å². The minimum Gasteiger partial charge on any atom is -0.366 e. The van der Waals surface area contributed by atoms with Gasteiger partial charge in [-0.1, -0.05) is 6.07 Å². The molecular weight excluding hydrogens is 358 g/mol. The molecule has 0 radical (unpaired) electrons. The number of sulfonamides is 1. The molecule has 1 heterocycles. The van der Waals surface area contributed by atoms with Gasteiger partial charge in [-0.25, -0.2) is 13.4 Å². The Hall–Kier alpha value is -1.93. The molecule has 0 aliphatic rings. The predicted octanol–water partition coefficient (Wildman–Crippen LogP) is 2.05. The number of primary amides is 1. The fourth-order valence-corrected chi connectivity index (χ4v) is 3.27. The number of hydrogen-bond acceptors (Lipinski definition) is 4. The van der Waals surface area contributed by atoms with E-state index in [9.17, 15) is 13.2 Å². The van der Waals surface area contributed by atoms with E-state index in [4.69, 9.17) is 5.73 Å². The Bertz CT molecular complexity index is 806. The van der Waals surface area contributed by atoms with Gasteiger partial charge < -0.3 is 5.73 Å². The second-order valence-corrected chi connectivity index (χ2v) is 6.72. The third-order valence-electron chi connectivity index (χ3n) is 2.79. The third-order valence-corrected chi connectivity index (χ3v) is 4.78. The summed E-state index contributed by atoms with van der Waals surface area (Å²) >= 11 is 3.16. The topological polar surface area (TPSA) is 102 Å². The van der Waals surface area contributed by atoms with E-state index in [1.165, 1.54) is 24.4 Å². The van der Waals surface area contributed by atoms with E-state index in [0.717, 1.165) is 0 Å². The molecule has 6 nitrogen and oxygen atoms in total. The molecule has 0 fully saturated rings. The van der Waals surface area contributed by atoms with Gasteiger partial charge in [0.15, 0.2) is 0 Å². The molecule has 0 aliphatic carbocycles. The summed E-state index contributed by atoms with van der Waals surface area (Å²) in [4.78, 5) is 15.2. The van der Waals surface area contributed by atoms with Crippen LogP contribution in [0.3, 0.4) is 0 Å². The van der Waals surface area contributed by atoms with E-state index in [1.54, 1.807) is 19.1 Å². The molecule has 3 N–H and O–H groups in total. The number of carbonyl (C=O) groups is 1. The predicted molar refractivity (Wildman–Crippen MR) is 82.4 cm³/mol. The van der Waals surface area contributed by atoms with Crippen LogP contribution in [0.25, 0.3) is 0 Å². The van der Waals surface area contributed by atoms with E-state index in [-0.39, 0.29) is 10.5 Å². The smallest absolute Gasteiger partial charge is 0.262 e.